The van der Waals surface area contributed by atoms with Crippen LogP contribution in [0, 0.1) is 5.92 Å². The van der Waals surface area contributed by atoms with Crippen molar-refractivity contribution in [3.05, 3.63) is 65.2 Å². The summed E-state index contributed by atoms with van der Waals surface area (Å²) in [6, 6.07) is 12.1. The summed E-state index contributed by atoms with van der Waals surface area (Å²) in [6.07, 6.45) is -2.72. The standard InChI is InChI=1S/C21H22F3NO3/c22-21(23,24)18-3-1-2-4-19(18)28-14-16-9-11-25(12-10-16)13-15-5-7-17(8-6-15)20(26)27/h1-8,16H,9-14H2,(H,26,27). The largest absolute Gasteiger partial charge is 0.493 e. The number of benzene rings is 2. The van der Waals surface area contributed by atoms with E-state index < -0.39 is 17.7 Å². The van der Waals surface area contributed by atoms with Gasteiger partial charge in [0.15, 0.2) is 0 Å². The zero-order valence-corrected chi connectivity index (χ0v) is 15.3. The fourth-order valence-electron chi connectivity index (χ4n) is 3.36. The number of carboxylic acid groups (broad SMARTS) is 1. The maximum atomic E-state index is 13.0. The Morgan fingerprint density at radius 3 is 2.32 bits per heavy atom. The Morgan fingerprint density at radius 2 is 1.71 bits per heavy atom. The van der Waals surface area contributed by atoms with Crippen LogP contribution in [-0.4, -0.2) is 35.7 Å². The first kappa shape index (κ1) is 20.2. The van der Waals surface area contributed by atoms with Crippen LogP contribution in [0.25, 0.3) is 0 Å². The van der Waals surface area contributed by atoms with Crippen LogP contribution in [0.3, 0.4) is 0 Å². The highest BCUT2D eigenvalue weighted by molar-refractivity contribution is 5.87. The fourth-order valence-corrected chi connectivity index (χ4v) is 3.36. The smallest absolute Gasteiger partial charge is 0.419 e. The predicted octanol–water partition coefficient (Wildman–Crippen LogP) is 4.69. The zero-order chi connectivity index (χ0) is 20.1. The predicted molar refractivity (Wildman–Crippen MR) is 98.3 cm³/mol. The number of carboxylic acids is 1. The molecule has 1 saturated heterocycles. The number of rotatable bonds is 6. The van der Waals surface area contributed by atoms with Gasteiger partial charge in [-0.1, -0.05) is 24.3 Å². The van der Waals surface area contributed by atoms with Crippen LogP contribution in [0.1, 0.15) is 34.3 Å². The summed E-state index contributed by atoms with van der Waals surface area (Å²) >= 11 is 0. The lowest BCUT2D eigenvalue weighted by Gasteiger charge is -2.32. The summed E-state index contributed by atoms with van der Waals surface area (Å²) in [7, 11) is 0. The molecule has 0 unspecified atom stereocenters. The van der Waals surface area contributed by atoms with Crippen molar-refractivity contribution >= 4 is 5.97 Å². The molecule has 0 atom stereocenters. The maximum Gasteiger partial charge on any atom is 0.419 e. The van der Waals surface area contributed by atoms with Crippen LogP contribution in [-0.2, 0) is 12.7 Å². The highest BCUT2D eigenvalue weighted by atomic mass is 19.4. The number of halogens is 3. The van der Waals surface area contributed by atoms with Crippen molar-refractivity contribution in [1.82, 2.24) is 4.90 Å². The van der Waals surface area contributed by atoms with Gasteiger partial charge in [0.25, 0.3) is 0 Å². The van der Waals surface area contributed by atoms with Crippen molar-refractivity contribution < 1.29 is 27.8 Å². The summed E-state index contributed by atoms with van der Waals surface area (Å²) < 4.78 is 44.6. The number of hydrogen-bond donors (Lipinski definition) is 1. The lowest BCUT2D eigenvalue weighted by atomic mass is 9.97. The van der Waals surface area contributed by atoms with E-state index in [9.17, 15) is 18.0 Å². The first-order valence-corrected chi connectivity index (χ1v) is 9.16. The van der Waals surface area contributed by atoms with Crippen molar-refractivity contribution in [2.75, 3.05) is 19.7 Å². The molecule has 0 aromatic heterocycles. The van der Waals surface area contributed by atoms with Crippen LogP contribution in [0.15, 0.2) is 48.5 Å². The van der Waals surface area contributed by atoms with E-state index in [0.717, 1.165) is 44.1 Å². The number of aromatic carboxylic acids is 1. The highest BCUT2D eigenvalue weighted by Crippen LogP contribution is 2.36. The number of alkyl halides is 3. The summed E-state index contributed by atoms with van der Waals surface area (Å²) in [5, 5.41) is 8.94. The van der Waals surface area contributed by atoms with Gasteiger partial charge in [-0.15, -0.1) is 0 Å². The molecular weight excluding hydrogens is 371 g/mol. The minimum absolute atomic E-state index is 0.115. The zero-order valence-electron chi connectivity index (χ0n) is 15.3. The molecule has 2 aromatic carbocycles. The second-order valence-electron chi connectivity index (χ2n) is 7.03. The molecule has 3 rings (SSSR count). The third kappa shape index (κ3) is 5.25. The second kappa shape index (κ2) is 8.65. The topological polar surface area (TPSA) is 49.8 Å². The molecule has 0 aliphatic carbocycles. The second-order valence-corrected chi connectivity index (χ2v) is 7.03. The van der Waals surface area contributed by atoms with Gasteiger partial charge in [-0.2, -0.15) is 13.2 Å². The summed E-state index contributed by atoms with van der Waals surface area (Å²) in [4.78, 5) is 13.2. The monoisotopic (exact) mass is 393 g/mol. The summed E-state index contributed by atoms with van der Waals surface area (Å²) in [6.45, 7) is 2.66. The van der Waals surface area contributed by atoms with Crippen LogP contribution < -0.4 is 4.74 Å². The quantitative estimate of drug-likeness (QED) is 0.773. The van der Waals surface area contributed by atoms with Gasteiger partial charge in [-0.25, -0.2) is 4.79 Å². The molecule has 1 heterocycles. The van der Waals surface area contributed by atoms with Crippen LogP contribution in [0.2, 0.25) is 0 Å². The van der Waals surface area contributed by atoms with Crippen molar-refractivity contribution in [2.24, 2.45) is 5.92 Å². The number of piperidine rings is 1. The number of carbonyl (C=O) groups is 1. The Labute approximate surface area is 161 Å². The lowest BCUT2D eigenvalue weighted by Crippen LogP contribution is -2.35. The molecule has 0 saturated carbocycles. The number of hydrogen-bond acceptors (Lipinski definition) is 3. The first-order chi connectivity index (χ1) is 13.3. The van der Waals surface area contributed by atoms with E-state index in [1.165, 1.54) is 12.1 Å². The number of para-hydroxylation sites is 1. The average Bonchev–Trinajstić information content (AvgIpc) is 2.67. The van der Waals surface area contributed by atoms with Crippen LogP contribution in [0.5, 0.6) is 5.75 Å². The SMILES string of the molecule is O=C(O)c1ccc(CN2CCC(COc3ccccc3C(F)(F)F)CC2)cc1. The Kier molecular flexibility index (Phi) is 6.24. The van der Waals surface area contributed by atoms with Gasteiger partial charge >= 0.3 is 12.1 Å². The maximum absolute atomic E-state index is 13.0. The van der Waals surface area contributed by atoms with E-state index in [1.807, 2.05) is 12.1 Å². The van der Waals surface area contributed by atoms with Crippen LogP contribution in [0.4, 0.5) is 13.2 Å². The van der Waals surface area contributed by atoms with Gasteiger partial charge in [0.2, 0.25) is 0 Å². The molecule has 1 aliphatic rings. The van der Waals surface area contributed by atoms with E-state index >= 15 is 0 Å². The van der Waals surface area contributed by atoms with E-state index in [2.05, 4.69) is 4.90 Å². The molecule has 2 aromatic rings. The van der Waals surface area contributed by atoms with E-state index in [1.54, 1.807) is 18.2 Å². The van der Waals surface area contributed by atoms with Gasteiger partial charge in [-0.05, 0) is 61.7 Å². The summed E-state index contributed by atoms with van der Waals surface area (Å²) in [5.41, 5.74) is 0.565. The van der Waals surface area contributed by atoms with Crippen molar-refractivity contribution in [3.63, 3.8) is 0 Å². The van der Waals surface area contributed by atoms with E-state index in [0.29, 0.717) is 0 Å². The molecule has 0 bridgehead atoms. The molecule has 0 radical (unpaired) electrons. The van der Waals surface area contributed by atoms with Crippen molar-refractivity contribution in [3.8, 4) is 5.75 Å². The third-order valence-electron chi connectivity index (χ3n) is 4.98. The van der Waals surface area contributed by atoms with Crippen LogP contribution >= 0.6 is 0 Å². The Balaban J connectivity index is 1.48. The van der Waals surface area contributed by atoms with Gasteiger partial charge < -0.3 is 9.84 Å². The lowest BCUT2D eigenvalue weighted by molar-refractivity contribution is -0.139. The van der Waals surface area contributed by atoms with Crippen molar-refractivity contribution in [1.29, 1.82) is 0 Å². The fraction of sp³-hybridized carbons (Fsp3) is 0.381. The number of likely N-dealkylation sites (tertiary alicyclic amines) is 1. The minimum atomic E-state index is -4.42. The molecule has 4 nitrogen and oxygen atoms in total. The van der Waals surface area contributed by atoms with Gasteiger partial charge in [0, 0.05) is 6.54 Å². The number of ether oxygens (including phenoxy) is 1. The third-order valence-corrected chi connectivity index (χ3v) is 4.98. The summed E-state index contributed by atoms with van der Waals surface area (Å²) in [5.74, 6) is -0.845. The normalized spacial score (nSPS) is 16.1. The molecule has 1 fully saturated rings. The van der Waals surface area contributed by atoms with Crippen molar-refractivity contribution in [2.45, 2.75) is 25.6 Å². The van der Waals surface area contributed by atoms with Gasteiger partial charge in [-0.3, -0.25) is 4.90 Å². The van der Waals surface area contributed by atoms with Gasteiger partial charge in [0.1, 0.15) is 5.75 Å². The molecule has 150 valence electrons. The van der Waals surface area contributed by atoms with E-state index in [4.69, 9.17) is 9.84 Å². The molecule has 1 aliphatic heterocycles. The minimum Gasteiger partial charge on any atom is -0.493 e. The average molecular weight is 393 g/mol. The highest BCUT2D eigenvalue weighted by Gasteiger charge is 2.34. The number of nitrogens with zero attached hydrogens (tertiary/aromatic N) is 1. The molecule has 1 N–H and O–H groups in total. The molecular formula is C21H22F3NO3. The molecule has 0 spiro atoms. The first-order valence-electron chi connectivity index (χ1n) is 9.16. The van der Waals surface area contributed by atoms with Gasteiger partial charge in [0.05, 0.1) is 17.7 Å². The Hall–Kier alpha value is -2.54. The Bertz CT molecular complexity index is 797. The molecule has 7 heteroatoms. The Morgan fingerprint density at radius 1 is 1.07 bits per heavy atom. The molecule has 0 amide bonds. The molecule has 28 heavy (non-hydrogen) atoms. The van der Waals surface area contributed by atoms with E-state index in [-0.39, 0.29) is 23.8 Å².